The minimum absolute atomic E-state index is 0.207. The molecule has 2 rings (SSSR count). The number of aromatic nitrogens is 2. The number of nitrogens with two attached hydrogens (primary N) is 1. The number of nitrogens with one attached hydrogen (secondary N) is 1. The van der Waals surface area contributed by atoms with Gasteiger partial charge in [0.05, 0.1) is 12.7 Å². The zero-order chi connectivity index (χ0) is 13.2. The second kappa shape index (κ2) is 5.38. The van der Waals surface area contributed by atoms with Gasteiger partial charge in [-0.05, 0) is 24.7 Å². The predicted octanol–water partition coefficient (Wildman–Crippen LogP) is 0.166. The predicted molar refractivity (Wildman–Crippen MR) is 68.4 cm³/mol. The first-order chi connectivity index (χ1) is 8.53. The van der Waals surface area contributed by atoms with Crippen molar-refractivity contribution in [2.45, 2.75) is 31.2 Å². The maximum atomic E-state index is 12.0. The van der Waals surface area contributed by atoms with Gasteiger partial charge in [-0.1, -0.05) is 6.92 Å². The smallest absolute Gasteiger partial charge is 0.243 e. The van der Waals surface area contributed by atoms with Gasteiger partial charge in [-0.2, -0.15) is 5.10 Å². The normalized spacial score (nSPS) is 17.9. The molecule has 1 aliphatic rings. The van der Waals surface area contributed by atoms with Crippen LogP contribution in [0.2, 0.25) is 0 Å². The summed E-state index contributed by atoms with van der Waals surface area (Å²) in [7, 11) is -3.43. The van der Waals surface area contributed by atoms with Crippen molar-refractivity contribution in [3.63, 3.8) is 0 Å². The van der Waals surface area contributed by atoms with Crippen LogP contribution in [0.5, 0.6) is 0 Å². The van der Waals surface area contributed by atoms with E-state index in [1.54, 1.807) is 4.68 Å². The SMILES string of the molecule is CC(CNS(=O)(=O)c1cnn(CCN)c1)C1CC1. The molecule has 0 bridgehead atoms. The molecule has 1 unspecified atom stereocenters. The van der Waals surface area contributed by atoms with E-state index in [1.807, 2.05) is 0 Å². The Balaban J connectivity index is 1.95. The highest BCUT2D eigenvalue weighted by molar-refractivity contribution is 7.89. The van der Waals surface area contributed by atoms with E-state index >= 15 is 0 Å². The average Bonchev–Trinajstić information content (AvgIpc) is 3.07. The number of rotatable bonds is 7. The second-order valence-electron chi connectivity index (χ2n) is 4.89. The first kappa shape index (κ1) is 13.5. The molecule has 1 atom stereocenters. The summed E-state index contributed by atoms with van der Waals surface area (Å²) < 4.78 is 28.2. The molecule has 0 radical (unpaired) electrons. The fourth-order valence-electron chi connectivity index (χ4n) is 1.89. The highest BCUT2D eigenvalue weighted by Gasteiger charge is 2.29. The molecule has 1 heterocycles. The lowest BCUT2D eigenvalue weighted by atomic mass is 10.1. The van der Waals surface area contributed by atoms with Crippen LogP contribution in [0.3, 0.4) is 0 Å². The molecule has 3 N–H and O–H groups in total. The summed E-state index contributed by atoms with van der Waals surface area (Å²) in [5.74, 6) is 1.09. The van der Waals surface area contributed by atoms with Crippen LogP contribution in [0.15, 0.2) is 17.3 Å². The van der Waals surface area contributed by atoms with Gasteiger partial charge in [0.1, 0.15) is 4.90 Å². The Morgan fingerprint density at radius 1 is 1.61 bits per heavy atom. The Morgan fingerprint density at radius 3 is 2.94 bits per heavy atom. The first-order valence-corrected chi connectivity index (χ1v) is 7.73. The monoisotopic (exact) mass is 272 g/mol. The molecular weight excluding hydrogens is 252 g/mol. The summed E-state index contributed by atoms with van der Waals surface area (Å²) in [6, 6.07) is 0. The van der Waals surface area contributed by atoms with Gasteiger partial charge in [0.15, 0.2) is 0 Å². The van der Waals surface area contributed by atoms with Gasteiger partial charge < -0.3 is 5.73 Å². The maximum Gasteiger partial charge on any atom is 0.243 e. The fourth-order valence-corrected chi connectivity index (χ4v) is 2.99. The molecule has 7 heteroatoms. The van der Waals surface area contributed by atoms with Gasteiger partial charge >= 0.3 is 0 Å². The van der Waals surface area contributed by atoms with Gasteiger partial charge in [-0.15, -0.1) is 0 Å². The molecule has 1 fully saturated rings. The first-order valence-electron chi connectivity index (χ1n) is 6.25. The van der Waals surface area contributed by atoms with Crippen molar-refractivity contribution in [3.05, 3.63) is 12.4 Å². The van der Waals surface area contributed by atoms with Crippen molar-refractivity contribution >= 4 is 10.0 Å². The van der Waals surface area contributed by atoms with Crippen molar-refractivity contribution in [1.82, 2.24) is 14.5 Å². The van der Waals surface area contributed by atoms with Gasteiger partial charge in [0.25, 0.3) is 0 Å². The molecule has 0 spiro atoms. The van der Waals surface area contributed by atoms with E-state index in [9.17, 15) is 8.42 Å². The molecule has 0 aromatic carbocycles. The fraction of sp³-hybridized carbons (Fsp3) is 0.727. The molecule has 102 valence electrons. The third-order valence-electron chi connectivity index (χ3n) is 3.30. The Hall–Kier alpha value is -0.920. The van der Waals surface area contributed by atoms with Crippen molar-refractivity contribution in [1.29, 1.82) is 0 Å². The van der Waals surface area contributed by atoms with E-state index in [0.717, 1.165) is 0 Å². The van der Waals surface area contributed by atoms with Crippen molar-refractivity contribution in [3.8, 4) is 0 Å². The molecular formula is C11H20N4O2S. The van der Waals surface area contributed by atoms with Gasteiger partial charge in [0.2, 0.25) is 10.0 Å². The quantitative estimate of drug-likeness (QED) is 0.740. The molecule has 0 amide bonds. The van der Waals surface area contributed by atoms with Crippen LogP contribution in [0.1, 0.15) is 19.8 Å². The molecule has 1 saturated carbocycles. The third kappa shape index (κ3) is 3.30. The summed E-state index contributed by atoms with van der Waals surface area (Å²) in [6.45, 7) is 3.54. The van der Waals surface area contributed by atoms with E-state index in [2.05, 4.69) is 16.7 Å². The lowest BCUT2D eigenvalue weighted by molar-refractivity contribution is 0.491. The highest BCUT2D eigenvalue weighted by Crippen LogP contribution is 2.36. The molecule has 1 aliphatic carbocycles. The molecule has 0 aliphatic heterocycles. The van der Waals surface area contributed by atoms with Gasteiger partial charge in [0, 0.05) is 19.3 Å². The van der Waals surface area contributed by atoms with E-state index in [-0.39, 0.29) is 4.90 Å². The minimum atomic E-state index is -3.43. The molecule has 0 saturated heterocycles. The summed E-state index contributed by atoms with van der Waals surface area (Å²) in [5.41, 5.74) is 5.39. The average molecular weight is 272 g/mol. The van der Waals surface area contributed by atoms with E-state index in [1.165, 1.54) is 25.2 Å². The van der Waals surface area contributed by atoms with Crippen molar-refractivity contribution in [2.75, 3.05) is 13.1 Å². The van der Waals surface area contributed by atoms with E-state index in [0.29, 0.717) is 31.5 Å². The van der Waals surface area contributed by atoms with Gasteiger partial charge in [-0.25, -0.2) is 13.1 Å². The van der Waals surface area contributed by atoms with Crippen LogP contribution in [-0.4, -0.2) is 31.3 Å². The minimum Gasteiger partial charge on any atom is -0.329 e. The molecule has 1 aromatic rings. The molecule has 18 heavy (non-hydrogen) atoms. The van der Waals surface area contributed by atoms with Crippen LogP contribution in [0, 0.1) is 11.8 Å². The number of hydrogen-bond acceptors (Lipinski definition) is 4. The standard InChI is InChI=1S/C11H20N4O2S/c1-9(10-2-3-10)6-14-18(16,17)11-7-13-15(8-11)5-4-12/h7-10,14H,2-6,12H2,1H3. The van der Waals surface area contributed by atoms with Crippen molar-refractivity contribution < 1.29 is 8.42 Å². The molecule has 1 aromatic heterocycles. The maximum absolute atomic E-state index is 12.0. The summed E-state index contributed by atoms with van der Waals surface area (Å²) in [6.07, 6.45) is 5.31. The second-order valence-corrected chi connectivity index (χ2v) is 6.66. The van der Waals surface area contributed by atoms with Crippen molar-refractivity contribution in [2.24, 2.45) is 17.6 Å². The lowest BCUT2D eigenvalue weighted by Gasteiger charge is -2.10. The number of hydrogen-bond donors (Lipinski definition) is 2. The van der Waals surface area contributed by atoms with E-state index < -0.39 is 10.0 Å². The number of sulfonamides is 1. The summed E-state index contributed by atoms with van der Waals surface area (Å²) >= 11 is 0. The summed E-state index contributed by atoms with van der Waals surface area (Å²) in [5, 5.41) is 3.96. The van der Waals surface area contributed by atoms with Crippen LogP contribution in [0.25, 0.3) is 0 Å². The Morgan fingerprint density at radius 2 is 2.33 bits per heavy atom. The highest BCUT2D eigenvalue weighted by atomic mass is 32.2. The van der Waals surface area contributed by atoms with Gasteiger partial charge in [-0.3, -0.25) is 4.68 Å². The topological polar surface area (TPSA) is 90.0 Å². The van der Waals surface area contributed by atoms with Crippen LogP contribution in [-0.2, 0) is 16.6 Å². The molecule has 6 nitrogen and oxygen atoms in total. The zero-order valence-electron chi connectivity index (χ0n) is 10.5. The summed E-state index contributed by atoms with van der Waals surface area (Å²) in [4.78, 5) is 0.207. The Bertz CT molecular complexity index is 493. The lowest BCUT2D eigenvalue weighted by Crippen LogP contribution is -2.29. The van der Waals surface area contributed by atoms with E-state index in [4.69, 9.17) is 5.73 Å². The Kier molecular flexibility index (Phi) is 4.04. The van der Waals surface area contributed by atoms with Crippen LogP contribution >= 0.6 is 0 Å². The Labute approximate surface area is 108 Å². The largest absolute Gasteiger partial charge is 0.329 e. The zero-order valence-corrected chi connectivity index (χ0v) is 11.4. The van der Waals surface area contributed by atoms with Crippen LogP contribution in [0.4, 0.5) is 0 Å². The van der Waals surface area contributed by atoms with Crippen LogP contribution < -0.4 is 10.5 Å². The third-order valence-corrected chi connectivity index (χ3v) is 4.68. The number of nitrogens with zero attached hydrogens (tertiary/aromatic N) is 2.